The van der Waals surface area contributed by atoms with Gasteiger partial charge in [-0.2, -0.15) is 5.10 Å². The minimum atomic E-state index is -0.462. The number of amides is 2. The number of carbonyl (C=O) groups excluding carboxylic acids is 2. The van der Waals surface area contributed by atoms with E-state index in [0.29, 0.717) is 11.5 Å². The zero-order valence-corrected chi connectivity index (χ0v) is 16.5. The minimum Gasteiger partial charge on any atom is -0.318 e. The highest BCUT2D eigenvalue weighted by Crippen LogP contribution is 2.20. The molecular weight excluding hydrogens is 354 g/mol. The van der Waals surface area contributed by atoms with E-state index in [1.54, 1.807) is 12.1 Å². The molecule has 0 unspecified atom stereocenters. The Balaban J connectivity index is 1.69. The lowest BCUT2D eigenvalue weighted by Gasteiger charge is -2.10. The van der Waals surface area contributed by atoms with Crippen LogP contribution in [0.3, 0.4) is 0 Å². The highest BCUT2D eigenvalue weighted by atomic mass is 16.2. The summed E-state index contributed by atoms with van der Waals surface area (Å²) in [4.78, 5) is 24.8. The molecule has 0 aliphatic rings. The van der Waals surface area contributed by atoms with Crippen molar-refractivity contribution >= 4 is 11.8 Å². The van der Waals surface area contributed by atoms with Crippen LogP contribution in [0.5, 0.6) is 0 Å². The van der Waals surface area contributed by atoms with Crippen LogP contribution in [0.2, 0.25) is 0 Å². The molecule has 0 atom stereocenters. The number of carbonyl (C=O) groups is 2. The molecule has 7 heteroatoms. The molecule has 0 aliphatic carbocycles. The van der Waals surface area contributed by atoms with E-state index >= 15 is 0 Å². The first-order valence-electron chi connectivity index (χ1n) is 9.26. The number of aryl methyl sites for hydroxylation is 1. The van der Waals surface area contributed by atoms with Crippen LogP contribution in [0.1, 0.15) is 51.8 Å². The lowest BCUT2D eigenvalue weighted by molar-refractivity contribution is 0.0843. The first kappa shape index (κ1) is 19.4. The second-order valence-electron chi connectivity index (χ2n) is 7.24. The number of aromatic amines is 1. The molecule has 146 valence electrons. The molecule has 0 radical (unpaired) electrons. The molecule has 28 heavy (non-hydrogen) atoms. The maximum Gasteiger partial charge on any atom is 0.290 e. The first-order valence-corrected chi connectivity index (χ1v) is 9.26. The fraction of sp³-hybridized carbons (Fsp3) is 0.286. The number of H-pyrrole nitrogens is 1. The molecule has 0 bridgehead atoms. The van der Waals surface area contributed by atoms with Crippen LogP contribution in [-0.4, -0.2) is 26.6 Å². The molecule has 3 aromatic rings. The lowest BCUT2D eigenvalue weighted by atomic mass is 10.1. The van der Waals surface area contributed by atoms with Gasteiger partial charge in [0, 0.05) is 22.8 Å². The van der Waals surface area contributed by atoms with Crippen molar-refractivity contribution in [3.8, 4) is 5.69 Å². The molecule has 2 aromatic heterocycles. The second-order valence-corrected chi connectivity index (χ2v) is 7.24. The molecule has 3 rings (SSSR count). The summed E-state index contributed by atoms with van der Waals surface area (Å²) in [5.41, 5.74) is 9.25. The van der Waals surface area contributed by atoms with Gasteiger partial charge in [-0.05, 0) is 50.5 Å². The predicted octanol–water partition coefficient (Wildman–Crippen LogP) is 3.09. The Labute approximate surface area is 164 Å². The van der Waals surface area contributed by atoms with E-state index in [1.807, 2.05) is 48.7 Å². The average molecular weight is 379 g/mol. The number of hydrazine groups is 1. The van der Waals surface area contributed by atoms with Crippen molar-refractivity contribution in [1.82, 2.24) is 25.6 Å². The lowest BCUT2D eigenvalue weighted by Crippen LogP contribution is -2.41. The topological polar surface area (TPSA) is 91.8 Å². The molecule has 0 spiro atoms. The van der Waals surface area contributed by atoms with E-state index in [9.17, 15) is 9.59 Å². The van der Waals surface area contributed by atoms with Gasteiger partial charge in [-0.25, -0.2) is 0 Å². The van der Waals surface area contributed by atoms with Crippen LogP contribution in [0.4, 0.5) is 0 Å². The van der Waals surface area contributed by atoms with E-state index in [0.717, 1.165) is 29.2 Å². The average Bonchev–Trinajstić information content (AvgIpc) is 3.24. The third kappa shape index (κ3) is 4.14. The van der Waals surface area contributed by atoms with Gasteiger partial charge in [0.1, 0.15) is 0 Å². The van der Waals surface area contributed by atoms with Gasteiger partial charge in [0.25, 0.3) is 11.8 Å². The van der Waals surface area contributed by atoms with Gasteiger partial charge in [-0.3, -0.25) is 25.5 Å². The minimum absolute atomic E-state index is 0.241. The third-order valence-electron chi connectivity index (χ3n) is 4.47. The number of benzene rings is 1. The highest BCUT2D eigenvalue weighted by molar-refractivity contribution is 5.99. The van der Waals surface area contributed by atoms with Crippen molar-refractivity contribution in [3.63, 3.8) is 0 Å². The predicted molar refractivity (Wildman–Crippen MR) is 107 cm³/mol. The summed E-state index contributed by atoms with van der Waals surface area (Å²) in [7, 11) is 0. The van der Waals surface area contributed by atoms with E-state index in [2.05, 4.69) is 34.9 Å². The Morgan fingerprint density at radius 1 is 1.07 bits per heavy atom. The molecule has 0 fully saturated rings. The molecule has 2 amide bonds. The van der Waals surface area contributed by atoms with Crippen molar-refractivity contribution in [2.45, 2.75) is 34.1 Å². The Morgan fingerprint density at radius 2 is 1.75 bits per heavy atom. The normalized spacial score (nSPS) is 10.9. The van der Waals surface area contributed by atoms with E-state index in [4.69, 9.17) is 0 Å². The van der Waals surface area contributed by atoms with Crippen LogP contribution in [0.25, 0.3) is 5.69 Å². The molecule has 7 nitrogen and oxygen atoms in total. The smallest absolute Gasteiger partial charge is 0.290 e. The van der Waals surface area contributed by atoms with Crippen LogP contribution >= 0.6 is 0 Å². The summed E-state index contributed by atoms with van der Waals surface area (Å²) in [5.74, 6) is -0.381. The van der Waals surface area contributed by atoms with Crippen LogP contribution < -0.4 is 10.9 Å². The molecule has 0 aliphatic heterocycles. The Hall–Kier alpha value is -3.35. The van der Waals surface area contributed by atoms with E-state index in [-0.39, 0.29) is 11.6 Å². The standard InChI is InChI=1S/C21H25N5O2/c1-13(2)10-16-12-19(23-22-16)21(28)25-24-20(27)18-11-14(3)26(15(18)4)17-8-6-5-7-9-17/h5-9,11-13H,10H2,1-4H3,(H,22,23)(H,24,27)(H,25,28). The van der Waals surface area contributed by atoms with E-state index < -0.39 is 5.91 Å². The zero-order chi connectivity index (χ0) is 20.3. The van der Waals surface area contributed by atoms with Crippen molar-refractivity contribution < 1.29 is 9.59 Å². The molecule has 0 saturated carbocycles. The Bertz CT molecular complexity index is 986. The maximum atomic E-state index is 12.6. The molecule has 2 heterocycles. The number of aromatic nitrogens is 3. The SMILES string of the molecule is Cc1cc(C(=O)NNC(=O)c2cc(CC(C)C)[nH]n2)c(C)n1-c1ccccc1. The van der Waals surface area contributed by atoms with Crippen LogP contribution in [0, 0.1) is 19.8 Å². The number of nitrogens with zero attached hydrogens (tertiary/aromatic N) is 2. The summed E-state index contributed by atoms with van der Waals surface area (Å²) in [6.07, 6.45) is 0.804. The number of nitrogens with one attached hydrogen (secondary N) is 3. The van der Waals surface area contributed by atoms with Crippen LogP contribution in [0.15, 0.2) is 42.5 Å². The number of rotatable bonds is 5. The Morgan fingerprint density at radius 3 is 2.43 bits per heavy atom. The number of hydrogen-bond donors (Lipinski definition) is 3. The van der Waals surface area contributed by atoms with Gasteiger partial charge in [0.05, 0.1) is 5.56 Å². The first-order chi connectivity index (χ1) is 13.4. The second kappa shape index (κ2) is 8.12. The molecule has 1 aromatic carbocycles. The van der Waals surface area contributed by atoms with Gasteiger partial charge in [-0.1, -0.05) is 32.0 Å². The highest BCUT2D eigenvalue weighted by Gasteiger charge is 2.18. The van der Waals surface area contributed by atoms with Gasteiger partial charge in [0.2, 0.25) is 0 Å². The summed E-state index contributed by atoms with van der Waals surface area (Å²) < 4.78 is 2.00. The van der Waals surface area contributed by atoms with Crippen molar-refractivity contribution in [2.24, 2.45) is 5.92 Å². The fourth-order valence-corrected chi connectivity index (χ4v) is 3.23. The van der Waals surface area contributed by atoms with Gasteiger partial charge in [-0.15, -0.1) is 0 Å². The molecule has 0 saturated heterocycles. The monoisotopic (exact) mass is 379 g/mol. The zero-order valence-electron chi connectivity index (χ0n) is 16.5. The summed E-state index contributed by atoms with van der Waals surface area (Å²) >= 11 is 0. The number of hydrogen-bond acceptors (Lipinski definition) is 3. The number of para-hydroxylation sites is 1. The summed E-state index contributed by atoms with van der Waals surface area (Å²) in [6, 6.07) is 13.3. The molecule has 3 N–H and O–H groups in total. The third-order valence-corrected chi connectivity index (χ3v) is 4.47. The van der Waals surface area contributed by atoms with Crippen LogP contribution in [-0.2, 0) is 6.42 Å². The van der Waals surface area contributed by atoms with Crippen molar-refractivity contribution in [2.75, 3.05) is 0 Å². The summed E-state index contributed by atoms with van der Waals surface area (Å²) in [6.45, 7) is 8.00. The van der Waals surface area contributed by atoms with Gasteiger partial charge < -0.3 is 4.57 Å². The van der Waals surface area contributed by atoms with Gasteiger partial charge in [0.15, 0.2) is 5.69 Å². The Kier molecular flexibility index (Phi) is 5.63. The fourth-order valence-electron chi connectivity index (χ4n) is 3.23. The summed E-state index contributed by atoms with van der Waals surface area (Å²) in [5, 5.41) is 6.85. The van der Waals surface area contributed by atoms with Crippen molar-refractivity contribution in [3.05, 3.63) is 70.8 Å². The largest absolute Gasteiger partial charge is 0.318 e. The maximum absolute atomic E-state index is 12.6. The van der Waals surface area contributed by atoms with Crippen molar-refractivity contribution in [1.29, 1.82) is 0 Å². The molecular formula is C21H25N5O2. The van der Waals surface area contributed by atoms with Gasteiger partial charge >= 0.3 is 0 Å². The quantitative estimate of drug-likeness (QED) is 0.595. The van der Waals surface area contributed by atoms with E-state index in [1.165, 1.54) is 0 Å².